The molecule has 3 rings (SSSR count). The molecule has 2 saturated carbocycles. The third kappa shape index (κ3) is 2.07. The van der Waals surface area contributed by atoms with Gasteiger partial charge in [-0.05, 0) is 43.9 Å². The van der Waals surface area contributed by atoms with Crippen molar-refractivity contribution >= 4 is 10.0 Å². The topological polar surface area (TPSA) is 74.8 Å². The van der Waals surface area contributed by atoms with Crippen LogP contribution in [0.1, 0.15) is 32.6 Å². The summed E-state index contributed by atoms with van der Waals surface area (Å²) in [6, 6.07) is 0.00796. The number of imidazole rings is 1. The molecule has 1 aromatic rings. The standard InChI is InChI=1S/C12H19N3O2S/c1-8(11-5-9-2-3-10(11)4-9)15-18(16,17)12-6-13-7-14-12/h6-11,15H,2-5H2,1H3,(H,13,14). The van der Waals surface area contributed by atoms with Gasteiger partial charge in [0, 0.05) is 6.04 Å². The first-order valence-corrected chi connectivity index (χ1v) is 8.05. The van der Waals surface area contributed by atoms with Gasteiger partial charge in [0.25, 0.3) is 10.0 Å². The fourth-order valence-corrected chi connectivity index (χ4v) is 4.89. The molecule has 18 heavy (non-hydrogen) atoms. The summed E-state index contributed by atoms with van der Waals surface area (Å²) in [7, 11) is -3.44. The van der Waals surface area contributed by atoms with Gasteiger partial charge in [-0.3, -0.25) is 0 Å². The van der Waals surface area contributed by atoms with Gasteiger partial charge in [0.05, 0.1) is 12.5 Å². The molecule has 2 fully saturated rings. The van der Waals surface area contributed by atoms with Gasteiger partial charge in [0.1, 0.15) is 0 Å². The minimum absolute atomic E-state index is 0.00796. The molecule has 2 bridgehead atoms. The number of fused-ring (bicyclic) bond motifs is 2. The van der Waals surface area contributed by atoms with Gasteiger partial charge in [0.15, 0.2) is 5.03 Å². The van der Waals surface area contributed by atoms with E-state index in [1.165, 1.54) is 38.2 Å². The van der Waals surface area contributed by atoms with Crippen LogP contribution in [0.25, 0.3) is 0 Å². The van der Waals surface area contributed by atoms with Crippen LogP contribution in [0.3, 0.4) is 0 Å². The molecule has 0 aliphatic heterocycles. The van der Waals surface area contributed by atoms with Crippen molar-refractivity contribution in [3.05, 3.63) is 12.5 Å². The van der Waals surface area contributed by atoms with Crippen molar-refractivity contribution in [2.45, 2.75) is 43.7 Å². The monoisotopic (exact) mass is 269 g/mol. The van der Waals surface area contributed by atoms with E-state index in [0.29, 0.717) is 5.92 Å². The summed E-state index contributed by atoms with van der Waals surface area (Å²) in [5.74, 6) is 2.05. The Morgan fingerprint density at radius 1 is 1.44 bits per heavy atom. The Balaban J connectivity index is 1.70. The van der Waals surface area contributed by atoms with Crippen LogP contribution >= 0.6 is 0 Å². The fourth-order valence-electron chi connectivity index (χ4n) is 3.69. The Bertz CT molecular complexity index is 511. The van der Waals surface area contributed by atoms with Gasteiger partial charge in [-0.2, -0.15) is 0 Å². The quantitative estimate of drug-likeness (QED) is 0.870. The molecule has 4 unspecified atom stereocenters. The number of hydrogen-bond acceptors (Lipinski definition) is 3. The number of nitrogens with one attached hydrogen (secondary N) is 2. The number of aromatic amines is 1. The SMILES string of the molecule is CC(NS(=O)(=O)c1cnc[nH]1)C1CC2CCC1C2. The molecule has 4 atom stereocenters. The van der Waals surface area contributed by atoms with Gasteiger partial charge in [-0.1, -0.05) is 6.42 Å². The second-order valence-corrected chi connectivity index (χ2v) is 7.35. The minimum atomic E-state index is -3.44. The fraction of sp³-hybridized carbons (Fsp3) is 0.750. The molecule has 0 amide bonds. The van der Waals surface area contributed by atoms with Gasteiger partial charge >= 0.3 is 0 Å². The lowest BCUT2D eigenvalue weighted by molar-refractivity contribution is 0.280. The van der Waals surface area contributed by atoms with Crippen LogP contribution in [-0.4, -0.2) is 24.4 Å². The lowest BCUT2D eigenvalue weighted by Gasteiger charge is -2.28. The highest BCUT2D eigenvalue weighted by atomic mass is 32.2. The lowest BCUT2D eigenvalue weighted by Crippen LogP contribution is -2.40. The van der Waals surface area contributed by atoms with Gasteiger partial charge in [-0.15, -0.1) is 0 Å². The highest BCUT2D eigenvalue weighted by molar-refractivity contribution is 7.89. The Labute approximate surface area is 107 Å². The number of aromatic nitrogens is 2. The summed E-state index contributed by atoms with van der Waals surface area (Å²) in [5, 5.41) is 0.150. The lowest BCUT2D eigenvalue weighted by atomic mass is 9.84. The van der Waals surface area contributed by atoms with Crippen molar-refractivity contribution in [1.82, 2.24) is 14.7 Å². The zero-order valence-corrected chi connectivity index (χ0v) is 11.3. The van der Waals surface area contributed by atoms with Crippen molar-refractivity contribution in [3.63, 3.8) is 0 Å². The van der Waals surface area contributed by atoms with Gasteiger partial charge in [0.2, 0.25) is 0 Å². The normalized spacial score (nSPS) is 32.8. The molecule has 1 aromatic heterocycles. The van der Waals surface area contributed by atoms with E-state index in [-0.39, 0.29) is 11.1 Å². The van der Waals surface area contributed by atoms with E-state index in [9.17, 15) is 8.42 Å². The number of sulfonamides is 1. The number of hydrogen-bond donors (Lipinski definition) is 2. The maximum atomic E-state index is 12.1. The van der Waals surface area contributed by atoms with E-state index < -0.39 is 10.0 Å². The first kappa shape index (κ1) is 12.2. The van der Waals surface area contributed by atoms with Crippen LogP contribution in [-0.2, 0) is 10.0 Å². The molecular formula is C12H19N3O2S. The maximum absolute atomic E-state index is 12.1. The molecule has 2 N–H and O–H groups in total. The summed E-state index contributed by atoms with van der Waals surface area (Å²) in [4.78, 5) is 6.40. The van der Waals surface area contributed by atoms with E-state index in [1.807, 2.05) is 6.92 Å². The first-order chi connectivity index (χ1) is 8.56. The Morgan fingerprint density at radius 2 is 2.28 bits per heavy atom. The molecule has 0 aromatic carbocycles. The van der Waals surface area contributed by atoms with E-state index in [4.69, 9.17) is 0 Å². The average molecular weight is 269 g/mol. The number of nitrogens with zero attached hydrogens (tertiary/aromatic N) is 1. The van der Waals surface area contributed by atoms with Crippen molar-refractivity contribution < 1.29 is 8.42 Å². The third-order valence-corrected chi connectivity index (χ3v) is 6.02. The van der Waals surface area contributed by atoms with Crippen LogP contribution < -0.4 is 4.72 Å². The predicted molar refractivity (Wildman–Crippen MR) is 67.3 cm³/mol. The Hall–Kier alpha value is -0.880. The van der Waals surface area contributed by atoms with Crippen LogP contribution in [0, 0.1) is 17.8 Å². The Kier molecular flexibility index (Phi) is 2.94. The summed E-state index contributed by atoms with van der Waals surface area (Å²) >= 11 is 0. The molecule has 100 valence electrons. The molecule has 5 nitrogen and oxygen atoms in total. The zero-order chi connectivity index (χ0) is 12.8. The second-order valence-electron chi connectivity index (χ2n) is 5.66. The summed E-state index contributed by atoms with van der Waals surface area (Å²) < 4.78 is 27.0. The molecule has 2 aliphatic rings. The van der Waals surface area contributed by atoms with E-state index in [2.05, 4.69) is 14.7 Å². The van der Waals surface area contributed by atoms with Crippen LogP contribution in [0.2, 0.25) is 0 Å². The van der Waals surface area contributed by atoms with Gasteiger partial charge in [-0.25, -0.2) is 18.1 Å². The first-order valence-electron chi connectivity index (χ1n) is 6.57. The molecular weight excluding hydrogens is 250 g/mol. The number of H-pyrrole nitrogens is 1. The Morgan fingerprint density at radius 3 is 2.83 bits per heavy atom. The summed E-state index contributed by atoms with van der Waals surface area (Å²) in [6.45, 7) is 1.99. The van der Waals surface area contributed by atoms with Crippen molar-refractivity contribution in [2.75, 3.05) is 0 Å². The minimum Gasteiger partial charge on any atom is -0.335 e. The predicted octanol–water partition coefficient (Wildman–Crippen LogP) is 1.51. The van der Waals surface area contributed by atoms with Crippen molar-refractivity contribution in [1.29, 1.82) is 0 Å². The van der Waals surface area contributed by atoms with Crippen LogP contribution in [0.4, 0.5) is 0 Å². The molecule has 6 heteroatoms. The van der Waals surface area contributed by atoms with E-state index in [0.717, 1.165) is 11.8 Å². The maximum Gasteiger partial charge on any atom is 0.257 e. The smallest absolute Gasteiger partial charge is 0.257 e. The largest absolute Gasteiger partial charge is 0.335 e. The van der Waals surface area contributed by atoms with E-state index in [1.54, 1.807) is 0 Å². The molecule has 1 heterocycles. The highest BCUT2D eigenvalue weighted by Gasteiger charge is 2.42. The highest BCUT2D eigenvalue weighted by Crippen LogP contribution is 2.49. The molecule has 2 aliphatic carbocycles. The zero-order valence-electron chi connectivity index (χ0n) is 10.5. The third-order valence-electron chi connectivity index (χ3n) is 4.54. The van der Waals surface area contributed by atoms with Crippen molar-refractivity contribution in [2.24, 2.45) is 17.8 Å². The second kappa shape index (κ2) is 4.35. The van der Waals surface area contributed by atoms with Crippen molar-refractivity contribution in [3.8, 4) is 0 Å². The van der Waals surface area contributed by atoms with Crippen LogP contribution in [0.5, 0.6) is 0 Å². The molecule has 0 radical (unpaired) electrons. The summed E-state index contributed by atoms with van der Waals surface area (Å²) in [6.07, 6.45) is 7.80. The van der Waals surface area contributed by atoms with Crippen LogP contribution in [0.15, 0.2) is 17.6 Å². The summed E-state index contributed by atoms with van der Waals surface area (Å²) in [5.41, 5.74) is 0. The number of rotatable bonds is 4. The molecule has 0 saturated heterocycles. The van der Waals surface area contributed by atoms with Gasteiger partial charge < -0.3 is 4.98 Å². The molecule has 0 spiro atoms. The average Bonchev–Trinajstić information content (AvgIpc) is 3.05. The van der Waals surface area contributed by atoms with E-state index >= 15 is 0 Å².